The Kier molecular flexibility index (Phi) is 4.67. The molecule has 0 aliphatic rings. The number of methoxy groups -OCH3 is 1. The zero-order valence-corrected chi connectivity index (χ0v) is 13.2. The summed E-state index contributed by atoms with van der Waals surface area (Å²) in [5, 5.41) is 2.43. The third-order valence-electron chi connectivity index (χ3n) is 2.51. The fraction of sp³-hybridized carbons (Fsp3) is 0.143. The molecule has 104 valence electrons. The van der Waals surface area contributed by atoms with Gasteiger partial charge in [-0.15, -0.1) is 11.3 Å². The van der Waals surface area contributed by atoms with Crippen molar-refractivity contribution in [3.05, 3.63) is 50.1 Å². The predicted molar refractivity (Wildman–Crippen MR) is 80.8 cm³/mol. The molecule has 0 N–H and O–H groups in total. The van der Waals surface area contributed by atoms with Crippen molar-refractivity contribution in [3.8, 4) is 0 Å². The lowest BCUT2D eigenvalue weighted by molar-refractivity contribution is -0.133. The van der Waals surface area contributed by atoms with E-state index in [0.717, 1.165) is 5.69 Å². The zero-order chi connectivity index (χ0) is 14.7. The molecule has 0 radical (unpaired) electrons. The van der Waals surface area contributed by atoms with Crippen LogP contribution in [0.5, 0.6) is 0 Å². The Morgan fingerprint density at radius 2 is 2.25 bits per heavy atom. The van der Waals surface area contributed by atoms with E-state index >= 15 is 0 Å². The smallest absolute Gasteiger partial charge is 0.340 e. The molecular formula is C14H11BrFNO2S. The Morgan fingerprint density at radius 3 is 2.80 bits per heavy atom. The molecule has 0 amide bonds. The Morgan fingerprint density at radius 1 is 1.50 bits per heavy atom. The molecule has 0 saturated carbocycles. The summed E-state index contributed by atoms with van der Waals surface area (Å²) in [4.78, 5) is 16.1. The lowest BCUT2D eigenvalue weighted by Crippen LogP contribution is -2.03. The third kappa shape index (κ3) is 3.32. The minimum absolute atomic E-state index is 0.339. The summed E-state index contributed by atoms with van der Waals surface area (Å²) in [6.45, 7) is 1.85. The minimum Gasteiger partial charge on any atom is -0.465 e. The molecular weight excluding hydrogens is 345 g/mol. The maximum atomic E-state index is 13.2. The molecule has 0 atom stereocenters. The minimum atomic E-state index is -0.472. The number of nitrogens with zero attached hydrogens (tertiary/aromatic N) is 1. The molecule has 1 aromatic heterocycles. The SMILES string of the molecule is COC(=O)/C(=C\c1ccc(F)c(Br)c1)c1nc(C)cs1. The maximum Gasteiger partial charge on any atom is 0.340 e. The Hall–Kier alpha value is -1.53. The van der Waals surface area contributed by atoms with Crippen LogP contribution < -0.4 is 0 Å². The monoisotopic (exact) mass is 355 g/mol. The molecule has 1 heterocycles. The van der Waals surface area contributed by atoms with E-state index in [-0.39, 0.29) is 5.82 Å². The second-order valence-corrected chi connectivity index (χ2v) is 5.73. The van der Waals surface area contributed by atoms with Crippen molar-refractivity contribution in [2.45, 2.75) is 6.92 Å². The van der Waals surface area contributed by atoms with Gasteiger partial charge in [0.1, 0.15) is 10.8 Å². The normalized spacial score (nSPS) is 11.5. The van der Waals surface area contributed by atoms with Gasteiger partial charge >= 0.3 is 5.97 Å². The van der Waals surface area contributed by atoms with Gasteiger partial charge in [-0.05, 0) is 46.6 Å². The van der Waals surface area contributed by atoms with Gasteiger partial charge in [0.25, 0.3) is 0 Å². The zero-order valence-electron chi connectivity index (χ0n) is 10.8. The number of esters is 1. The summed E-state index contributed by atoms with van der Waals surface area (Å²) in [6, 6.07) is 4.51. The van der Waals surface area contributed by atoms with E-state index in [1.54, 1.807) is 18.2 Å². The van der Waals surface area contributed by atoms with Gasteiger partial charge in [-0.1, -0.05) is 6.07 Å². The number of thiazole rings is 1. The summed E-state index contributed by atoms with van der Waals surface area (Å²) in [5.41, 5.74) is 1.87. The fourth-order valence-corrected chi connectivity index (χ4v) is 2.76. The van der Waals surface area contributed by atoms with Gasteiger partial charge in [0.05, 0.1) is 17.2 Å². The summed E-state index contributed by atoms with van der Waals surface area (Å²) in [5.74, 6) is -0.827. The number of carbonyl (C=O) groups is 1. The highest BCUT2D eigenvalue weighted by Gasteiger charge is 2.16. The number of hydrogen-bond acceptors (Lipinski definition) is 4. The van der Waals surface area contributed by atoms with Gasteiger partial charge < -0.3 is 4.74 Å². The quantitative estimate of drug-likeness (QED) is 0.615. The number of rotatable bonds is 3. The molecule has 3 nitrogen and oxygen atoms in total. The van der Waals surface area contributed by atoms with Crippen LogP contribution in [0.15, 0.2) is 28.1 Å². The van der Waals surface area contributed by atoms with Gasteiger partial charge in [0.2, 0.25) is 0 Å². The standard InChI is InChI=1S/C14H11BrFNO2S/c1-8-7-20-13(17-8)10(14(18)19-2)5-9-3-4-12(16)11(15)6-9/h3-7H,1-2H3/b10-5-. The summed E-state index contributed by atoms with van der Waals surface area (Å²) >= 11 is 4.48. The fourth-order valence-electron chi connectivity index (χ4n) is 1.56. The number of carbonyl (C=O) groups excluding carboxylic acids is 1. The van der Waals surface area contributed by atoms with Gasteiger partial charge in [-0.2, -0.15) is 0 Å². The summed E-state index contributed by atoms with van der Waals surface area (Å²) in [7, 11) is 1.32. The molecule has 1 aromatic carbocycles. The first-order valence-corrected chi connectivity index (χ1v) is 7.36. The third-order valence-corrected chi connectivity index (χ3v) is 4.11. The van der Waals surface area contributed by atoms with Crippen molar-refractivity contribution in [1.82, 2.24) is 4.98 Å². The molecule has 0 fully saturated rings. The second-order valence-electron chi connectivity index (χ2n) is 4.02. The number of halogens is 2. The Bertz CT molecular complexity index is 682. The first-order chi connectivity index (χ1) is 9.51. The molecule has 20 heavy (non-hydrogen) atoms. The molecule has 2 rings (SSSR count). The summed E-state index contributed by atoms with van der Waals surface area (Å²) < 4.78 is 18.3. The molecule has 0 spiro atoms. The van der Waals surface area contributed by atoms with Crippen molar-refractivity contribution < 1.29 is 13.9 Å². The number of ether oxygens (including phenoxy) is 1. The summed E-state index contributed by atoms with van der Waals surface area (Å²) in [6.07, 6.45) is 1.63. The van der Waals surface area contributed by atoms with Crippen LogP contribution >= 0.6 is 27.3 Å². The topological polar surface area (TPSA) is 39.2 Å². The molecule has 2 aromatic rings. The van der Waals surface area contributed by atoms with E-state index in [4.69, 9.17) is 4.74 Å². The van der Waals surface area contributed by atoms with Crippen LogP contribution in [0.4, 0.5) is 4.39 Å². The van der Waals surface area contributed by atoms with Crippen molar-refractivity contribution in [3.63, 3.8) is 0 Å². The highest BCUT2D eigenvalue weighted by molar-refractivity contribution is 9.10. The average Bonchev–Trinajstić information content (AvgIpc) is 2.85. The maximum absolute atomic E-state index is 13.2. The van der Waals surface area contributed by atoms with Crippen LogP contribution in [-0.4, -0.2) is 18.1 Å². The van der Waals surface area contributed by atoms with Crippen LogP contribution in [0.1, 0.15) is 16.3 Å². The second kappa shape index (κ2) is 6.28. The average molecular weight is 356 g/mol. The lowest BCUT2D eigenvalue weighted by atomic mass is 10.1. The molecule has 0 unspecified atom stereocenters. The number of benzene rings is 1. The predicted octanol–water partition coefficient (Wildman–Crippen LogP) is 4.07. The number of hydrogen-bond donors (Lipinski definition) is 0. The first-order valence-electron chi connectivity index (χ1n) is 5.69. The van der Waals surface area contributed by atoms with Crippen molar-refractivity contribution in [1.29, 1.82) is 0 Å². The molecule has 0 aliphatic carbocycles. The highest BCUT2D eigenvalue weighted by Crippen LogP contribution is 2.25. The van der Waals surface area contributed by atoms with Crippen molar-refractivity contribution >= 4 is 44.9 Å². The van der Waals surface area contributed by atoms with E-state index in [9.17, 15) is 9.18 Å². The number of aryl methyl sites for hydroxylation is 1. The van der Waals surface area contributed by atoms with E-state index in [2.05, 4.69) is 20.9 Å². The highest BCUT2D eigenvalue weighted by atomic mass is 79.9. The lowest BCUT2D eigenvalue weighted by Gasteiger charge is -2.03. The van der Waals surface area contributed by atoms with Crippen LogP contribution in [0.2, 0.25) is 0 Å². The van der Waals surface area contributed by atoms with E-state index in [1.165, 1.54) is 24.5 Å². The Balaban J connectivity index is 2.47. The van der Waals surface area contributed by atoms with Gasteiger partial charge in [0, 0.05) is 11.1 Å². The van der Waals surface area contributed by atoms with E-state index < -0.39 is 5.97 Å². The van der Waals surface area contributed by atoms with Gasteiger partial charge in [0.15, 0.2) is 0 Å². The van der Waals surface area contributed by atoms with Crippen LogP contribution in [0.25, 0.3) is 11.6 Å². The molecule has 0 bridgehead atoms. The van der Waals surface area contributed by atoms with Crippen LogP contribution in [0, 0.1) is 12.7 Å². The Labute approximate surface area is 128 Å². The number of aromatic nitrogens is 1. The van der Waals surface area contributed by atoms with E-state index in [1.807, 2.05) is 12.3 Å². The molecule has 0 saturated heterocycles. The van der Waals surface area contributed by atoms with E-state index in [0.29, 0.717) is 20.6 Å². The van der Waals surface area contributed by atoms with Crippen molar-refractivity contribution in [2.24, 2.45) is 0 Å². The molecule has 0 aliphatic heterocycles. The largest absolute Gasteiger partial charge is 0.465 e. The molecule has 6 heteroatoms. The van der Waals surface area contributed by atoms with Gasteiger partial charge in [-0.25, -0.2) is 14.2 Å². The van der Waals surface area contributed by atoms with Crippen LogP contribution in [-0.2, 0) is 9.53 Å². The van der Waals surface area contributed by atoms with Gasteiger partial charge in [-0.3, -0.25) is 0 Å². The first kappa shape index (κ1) is 14.9. The van der Waals surface area contributed by atoms with Crippen molar-refractivity contribution in [2.75, 3.05) is 7.11 Å². The van der Waals surface area contributed by atoms with Crippen LogP contribution in [0.3, 0.4) is 0 Å².